The van der Waals surface area contributed by atoms with Gasteiger partial charge in [-0.05, 0) is 44.0 Å². The molecule has 2 rings (SSSR count). The summed E-state index contributed by atoms with van der Waals surface area (Å²) < 4.78 is 19.9. The van der Waals surface area contributed by atoms with Gasteiger partial charge in [-0.3, -0.25) is 4.98 Å². The predicted octanol–water partition coefficient (Wildman–Crippen LogP) is 4.54. The number of benzene rings is 1. The monoisotopic (exact) mass is 345 g/mol. The van der Waals surface area contributed by atoms with Crippen molar-refractivity contribution in [1.82, 2.24) is 4.98 Å². The quantitative estimate of drug-likeness (QED) is 0.796. The van der Waals surface area contributed by atoms with Crippen molar-refractivity contribution in [2.75, 3.05) is 0 Å². The molecular formula is C11H6Br2FNO. The lowest BCUT2D eigenvalue weighted by Gasteiger charge is -2.07. The first kappa shape index (κ1) is 11.5. The van der Waals surface area contributed by atoms with Gasteiger partial charge in [0.05, 0.1) is 8.95 Å². The van der Waals surface area contributed by atoms with Crippen molar-refractivity contribution in [3.8, 4) is 11.5 Å². The Kier molecular flexibility index (Phi) is 3.56. The zero-order valence-electron chi connectivity index (χ0n) is 7.95. The highest BCUT2D eigenvalue weighted by molar-refractivity contribution is 9.10. The fourth-order valence-corrected chi connectivity index (χ4v) is 1.69. The second-order valence-corrected chi connectivity index (χ2v) is 4.69. The number of hydrogen-bond donors (Lipinski definition) is 0. The zero-order valence-corrected chi connectivity index (χ0v) is 11.1. The molecular weight excluding hydrogens is 341 g/mol. The number of halogens is 3. The van der Waals surface area contributed by atoms with Crippen LogP contribution < -0.4 is 4.74 Å². The number of ether oxygens (including phenoxy) is 1. The molecule has 0 bridgehead atoms. The largest absolute Gasteiger partial charge is 0.456 e. The van der Waals surface area contributed by atoms with E-state index in [1.165, 1.54) is 6.07 Å². The normalized spacial score (nSPS) is 10.2. The fourth-order valence-electron chi connectivity index (χ4n) is 1.11. The van der Waals surface area contributed by atoms with Gasteiger partial charge in [-0.1, -0.05) is 0 Å². The van der Waals surface area contributed by atoms with Crippen molar-refractivity contribution in [3.05, 3.63) is 51.4 Å². The Labute approximate surface area is 109 Å². The molecule has 0 radical (unpaired) electrons. The third-order valence-corrected chi connectivity index (χ3v) is 3.09. The molecule has 0 saturated carbocycles. The maximum absolute atomic E-state index is 13.2. The van der Waals surface area contributed by atoms with Crippen LogP contribution in [-0.2, 0) is 0 Å². The average molecular weight is 347 g/mol. The summed E-state index contributed by atoms with van der Waals surface area (Å²) in [6.07, 6.45) is 3.22. The summed E-state index contributed by atoms with van der Waals surface area (Å²) in [7, 11) is 0. The van der Waals surface area contributed by atoms with Gasteiger partial charge in [0, 0.05) is 24.5 Å². The summed E-state index contributed by atoms with van der Waals surface area (Å²) in [5.74, 6) is 0.673. The number of aromatic nitrogens is 1. The molecule has 0 spiro atoms. The van der Waals surface area contributed by atoms with Crippen molar-refractivity contribution >= 4 is 31.9 Å². The molecule has 2 aromatic rings. The molecule has 5 heteroatoms. The van der Waals surface area contributed by atoms with E-state index in [1.54, 1.807) is 30.6 Å². The van der Waals surface area contributed by atoms with Crippen LogP contribution in [0.3, 0.4) is 0 Å². The lowest BCUT2D eigenvalue weighted by molar-refractivity contribution is 0.472. The summed E-state index contributed by atoms with van der Waals surface area (Å²) in [4.78, 5) is 3.91. The standard InChI is InChI=1S/C11H6Br2FNO/c12-8-2-1-7(5-10(8)14)16-11-3-4-15-6-9(11)13/h1-6H. The molecule has 0 saturated heterocycles. The van der Waals surface area contributed by atoms with Crippen LogP contribution in [-0.4, -0.2) is 4.98 Å². The second-order valence-electron chi connectivity index (χ2n) is 2.98. The Bertz CT molecular complexity index is 519. The van der Waals surface area contributed by atoms with E-state index in [0.717, 1.165) is 4.47 Å². The SMILES string of the molecule is Fc1cc(Oc2ccncc2Br)ccc1Br. The van der Waals surface area contributed by atoms with Crippen molar-refractivity contribution in [3.63, 3.8) is 0 Å². The summed E-state index contributed by atoms with van der Waals surface area (Å²) in [6.45, 7) is 0. The molecule has 16 heavy (non-hydrogen) atoms. The Morgan fingerprint density at radius 3 is 2.62 bits per heavy atom. The first-order chi connectivity index (χ1) is 7.66. The average Bonchev–Trinajstić information content (AvgIpc) is 2.27. The molecule has 0 aliphatic heterocycles. The maximum Gasteiger partial charge on any atom is 0.144 e. The third-order valence-electron chi connectivity index (χ3n) is 1.85. The molecule has 1 aromatic heterocycles. The highest BCUT2D eigenvalue weighted by atomic mass is 79.9. The van der Waals surface area contributed by atoms with E-state index in [9.17, 15) is 4.39 Å². The van der Waals surface area contributed by atoms with Crippen molar-refractivity contribution in [2.24, 2.45) is 0 Å². The molecule has 1 heterocycles. The van der Waals surface area contributed by atoms with Crippen LogP contribution in [0.15, 0.2) is 45.6 Å². The minimum absolute atomic E-state index is 0.359. The van der Waals surface area contributed by atoms with E-state index in [0.29, 0.717) is 16.0 Å². The van der Waals surface area contributed by atoms with E-state index in [2.05, 4.69) is 36.8 Å². The lowest BCUT2D eigenvalue weighted by Crippen LogP contribution is -1.87. The predicted molar refractivity (Wildman–Crippen MR) is 66.1 cm³/mol. The van der Waals surface area contributed by atoms with Crippen LogP contribution in [0.1, 0.15) is 0 Å². The topological polar surface area (TPSA) is 22.1 Å². The van der Waals surface area contributed by atoms with Gasteiger partial charge in [0.25, 0.3) is 0 Å². The molecule has 82 valence electrons. The molecule has 0 unspecified atom stereocenters. The second kappa shape index (κ2) is 4.93. The van der Waals surface area contributed by atoms with Crippen LogP contribution >= 0.6 is 31.9 Å². The van der Waals surface area contributed by atoms with Gasteiger partial charge in [-0.2, -0.15) is 0 Å². The summed E-state index contributed by atoms with van der Waals surface area (Å²) >= 11 is 6.38. The third kappa shape index (κ3) is 2.59. The number of rotatable bonds is 2. The minimum Gasteiger partial charge on any atom is -0.456 e. The Balaban J connectivity index is 2.28. The molecule has 0 aliphatic rings. The first-order valence-electron chi connectivity index (χ1n) is 4.39. The molecule has 0 atom stereocenters. The van der Waals surface area contributed by atoms with Gasteiger partial charge in [0.1, 0.15) is 17.3 Å². The lowest BCUT2D eigenvalue weighted by atomic mass is 10.3. The van der Waals surface area contributed by atoms with Gasteiger partial charge < -0.3 is 4.74 Å². The number of pyridine rings is 1. The Morgan fingerprint density at radius 1 is 1.12 bits per heavy atom. The summed E-state index contributed by atoms with van der Waals surface area (Å²) in [6, 6.07) is 6.29. The highest BCUT2D eigenvalue weighted by Gasteiger charge is 2.05. The number of nitrogens with zero attached hydrogens (tertiary/aromatic N) is 1. The van der Waals surface area contributed by atoms with Crippen molar-refractivity contribution in [1.29, 1.82) is 0 Å². The van der Waals surface area contributed by atoms with Gasteiger partial charge in [0.15, 0.2) is 0 Å². The van der Waals surface area contributed by atoms with Crippen LogP contribution in [0.2, 0.25) is 0 Å². The van der Waals surface area contributed by atoms with Gasteiger partial charge >= 0.3 is 0 Å². The van der Waals surface area contributed by atoms with Crippen LogP contribution in [0.5, 0.6) is 11.5 Å². The van der Waals surface area contributed by atoms with E-state index < -0.39 is 0 Å². The van der Waals surface area contributed by atoms with Crippen LogP contribution in [0.25, 0.3) is 0 Å². The molecule has 0 amide bonds. The maximum atomic E-state index is 13.2. The molecule has 1 aromatic carbocycles. The van der Waals surface area contributed by atoms with Gasteiger partial charge in [-0.15, -0.1) is 0 Å². The van der Waals surface area contributed by atoms with Gasteiger partial charge in [-0.25, -0.2) is 4.39 Å². The summed E-state index contributed by atoms with van der Waals surface area (Å²) in [5.41, 5.74) is 0. The van der Waals surface area contributed by atoms with Crippen molar-refractivity contribution in [2.45, 2.75) is 0 Å². The molecule has 0 N–H and O–H groups in total. The zero-order chi connectivity index (χ0) is 11.5. The minimum atomic E-state index is -0.359. The van der Waals surface area contributed by atoms with E-state index in [4.69, 9.17) is 4.74 Å². The molecule has 0 aliphatic carbocycles. The highest BCUT2D eigenvalue weighted by Crippen LogP contribution is 2.30. The number of hydrogen-bond acceptors (Lipinski definition) is 2. The Morgan fingerprint density at radius 2 is 1.94 bits per heavy atom. The van der Waals surface area contributed by atoms with E-state index in [1.807, 2.05) is 0 Å². The Hall–Kier alpha value is -0.940. The molecule has 2 nitrogen and oxygen atoms in total. The first-order valence-corrected chi connectivity index (χ1v) is 5.98. The van der Waals surface area contributed by atoms with Crippen molar-refractivity contribution < 1.29 is 9.13 Å². The summed E-state index contributed by atoms with van der Waals surface area (Å²) in [5, 5.41) is 0. The fraction of sp³-hybridized carbons (Fsp3) is 0. The van der Waals surface area contributed by atoms with Crippen LogP contribution in [0, 0.1) is 5.82 Å². The van der Waals surface area contributed by atoms with E-state index in [-0.39, 0.29) is 5.82 Å². The van der Waals surface area contributed by atoms with E-state index >= 15 is 0 Å². The van der Waals surface area contributed by atoms with Crippen LogP contribution in [0.4, 0.5) is 4.39 Å². The van der Waals surface area contributed by atoms with Gasteiger partial charge in [0.2, 0.25) is 0 Å². The smallest absolute Gasteiger partial charge is 0.144 e. The molecule has 0 fully saturated rings.